The minimum atomic E-state index is -0.549. The van der Waals surface area contributed by atoms with Gasteiger partial charge in [0.25, 0.3) is 5.56 Å². The van der Waals surface area contributed by atoms with Crippen molar-refractivity contribution in [1.29, 1.82) is 0 Å². The van der Waals surface area contributed by atoms with E-state index in [0.717, 1.165) is 11.2 Å². The van der Waals surface area contributed by atoms with Gasteiger partial charge in [0.15, 0.2) is 0 Å². The van der Waals surface area contributed by atoms with Crippen molar-refractivity contribution in [1.82, 2.24) is 14.7 Å². The molecule has 116 valence electrons. The molecule has 2 rings (SSSR count). The lowest BCUT2D eigenvalue weighted by atomic mass is 10.4. The van der Waals surface area contributed by atoms with Gasteiger partial charge in [-0.15, -0.1) is 0 Å². The van der Waals surface area contributed by atoms with Crippen molar-refractivity contribution < 1.29 is 9.53 Å². The molecule has 0 saturated heterocycles. The molecule has 0 bridgehead atoms. The van der Waals surface area contributed by atoms with Gasteiger partial charge in [-0.3, -0.25) is 9.59 Å². The largest absolute Gasteiger partial charge is 0.468 e. The van der Waals surface area contributed by atoms with Gasteiger partial charge in [0.1, 0.15) is 11.6 Å². The topological polar surface area (TPSA) is 76.5 Å². The number of methoxy groups -OCH3 is 1. The summed E-state index contributed by atoms with van der Waals surface area (Å²) in [4.78, 5) is 25.4. The Labute approximate surface area is 127 Å². The number of hydrogen-bond acceptors (Lipinski definition) is 6. The number of carbonyl (C=O) groups is 1. The summed E-state index contributed by atoms with van der Waals surface area (Å²) in [6, 6.07) is 0.688. The molecule has 0 amide bonds. The van der Waals surface area contributed by atoms with Gasteiger partial charge >= 0.3 is 5.97 Å². The fraction of sp³-hybridized carbons (Fsp3) is 0.615. The van der Waals surface area contributed by atoms with Crippen LogP contribution in [-0.4, -0.2) is 53.9 Å². The second kappa shape index (κ2) is 6.91. The third-order valence-corrected chi connectivity index (χ3v) is 3.81. The standard InChI is InChI=1S/C13H19ClN4O3/c1-17(9-3-4-9)6-5-15-10-7-16-18(8-11(19)21-2)13(20)12(10)14/h7,9,15H,3-6,8H2,1-2H3. The number of rotatable bonds is 7. The Balaban J connectivity index is 1.95. The first-order chi connectivity index (χ1) is 10.0. The molecule has 0 radical (unpaired) electrons. The van der Waals surface area contributed by atoms with Crippen molar-refractivity contribution >= 4 is 23.3 Å². The number of anilines is 1. The summed E-state index contributed by atoms with van der Waals surface area (Å²) >= 11 is 6.01. The Morgan fingerprint density at radius 1 is 1.62 bits per heavy atom. The number of ether oxygens (including phenoxy) is 1. The quantitative estimate of drug-likeness (QED) is 0.742. The van der Waals surface area contributed by atoms with E-state index in [0.29, 0.717) is 18.3 Å². The third kappa shape index (κ3) is 4.18. The Morgan fingerprint density at radius 3 is 2.95 bits per heavy atom. The Kier molecular flexibility index (Phi) is 5.19. The van der Waals surface area contributed by atoms with E-state index >= 15 is 0 Å². The summed E-state index contributed by atoms with van der Waals surface area (Å²) in [6.45, 7) is 1.29. The van der Waals surface area contributed by atoms with Crippen molar-refractivity contribution in [2.24, 2.45) is 0 Å². The van der Waals surface area contributed by atoms with Crippen molar-refractivity contribution in [2.75, 3.05) is 32.6 Å². The number of nitrogens with zero attached hydrogens (tertiary/aromatic N) is 3. The van der Waals surface area contributed by atoms with E-state index in [1.165, 1.54) is 26.1 Å². The minimum Gasteiger partial charge on any atom is -0.468 e. The number of nitrogens with one attached hydrogen (secondary N) is 1. The Hall–Kier alpha value is -1.60. The number of carbonyl (C=O) groups excluding carboxylic acids is 1. The molecule has 0 aromatic carbocycles. The first kappa shape index (κ1) is 15.8. The fourth-order valence-electron chi connectivity index (χ4n) is 1.95. The van der Waals surface area contributed by atoms with Crippen molar-refractivity contribution in [2.45, 2.75) is 25.4 Å². The van der Waals surface area contributed by atoms with Crippen molar-refractivity contribution in [3.8, 4) is 0 Å². The van der Waals surface area contributed by atoms with Crippen LogP contribution in [-0.2, 0) is 16.1 Å². The number of hydrogen-bond donors (Lipinski definition) is 1. The molecule has 7 nitrogen and oxygen atoms in total. The summed E-state index contributed by atoms with van der Waals surface area (Å²) in [5, 5.41) is 7.04. The molecule has 0 unspecified atom stereocenters. The van der Waals surface area contributed by atoms with Crippen LogP contribution in [0.2, 0.25) is 5.02 Å². The number of esters is 1. The van der Waals surface area contributed by atoms with E-state index < -0.39 is 11.5 Å². The van der Waals surface area contributed by atoms with Crippen LogP contribution in [0.3, 0.4) is 0 Å². The lowest BCUT2D eigenvalue weighted by Crippen LogP contribution is -2.30. The van der Waals surface area contributed by atoms with Crippen LogP contribution < -0.4 is 10.9 Å². The average molecular weight is 315 g/mol. The van der Waals surface area contributed by atoms with Gasteiger partial charge in [-0.1, -0.05) is 11.6 Å². The predicted molar refractivity (Wildman–Crippen MR) is 79.7 cm³/mol. The molecule has 1 aromatic rings. The molecule has 1 heterocycles. The van der Waals surface area contributed by atoms with Gasteiger partial charge in [-0.2, -0.15) is 5.10 Å². The molecule has 1 N–H and O–H groups in total. The number of aromatic nitrogens is 2. The summed E-state index contributed by atoms with van der Waals surface area (Å²) in [5.41, 5.74) is -0.0328. The smallest absolute Gasteiger partial charge is 0.327 e. The van der Waals surface area contributed by atoms with Crippen LogP contribution >= 0.6 is 11.6 Å². The van der Waals surface area contributed by atoms with E-state index in [1.807, 2.05) is 0 Å². The summed E-state index contributed by atoms with van der Waals surface area (Å²) in [6.07, 6.45) is 3.95. The molecule has 1 saturated carbocycles. The van der Waals surface area contributed by atoms with Gasteiger partial charge in [0.05, 0.1) is 19.0 Å². The molecular weight excluding hydrogens is 296 g/mol. The molecule has 0 atom stereocenters. The maximum atomic E-state index is 12.0. The van der Waals surface area contributed by atoms with E-state index in [1.54, 1.807) is 0 Å². The first-order valence-corrected chi connectivity index (χ1v) is 7.17. The second-order valence-electron chi connectivity index (χ2n) is 5.05. The highest BCUT2D eigenvalue weighted by Gasteiger charge is 2.25. The summed E-state index contributed by atoms with van der Waals surface area (Å²) in [7, 11) is 3.33. The lowest BCUT2D eigenvalue weighted by molar-refractivity contribution is -0.141. The van der Waals surface area contributed by atoms with Crippen molar-refractivity contribution in [3.63, 3.8) is 0 Å². The van der Waals surface area contributed by atoms with Gasteiger partial charge in [0, 0.05) is 19.1 Å². The highest BCUT2D eigenvalue weighted by molar-refractivity contribution is 6.32. The highest BCUT2D eigenvalue weighted by Crippen LogP contribution is 2.24. The number of likely N-dealkylation sites (N-methyl/N-ethyl adjacent to an activating group) is 1. The molecule has 21 heavy (non-hydrogen) atoms. The van der Waals surface area contributed by atoms with Crippen LogP contribution in [0.1, 0.15) is 12.8 Å². The van der Waals surface area contributed by atoms with Gasteiger partial charge in [-0.25, -0.2) is 4.68 Å². The summed E-state index contributed by atoms with van der Waals surface area (Å²) in [5.74, 6) is -0.549. The van der Waals surface area contributed by atoms with E-state index in [-0.39, 0.29) is 11.6 Å². The summed E-state index contributed by atoms with van der Waals surface area (Å²) < 4.78 is 5.48. The van der Waals surface area contributed by atoms with E-state index in [2.05, 4.69) is 27.1 Å². The highest BCUT2D eigenvalue weighted by atomic mass is 35.5. The molecule has 0 aliphatic heterocycles. The van der Waals surface area contributed by atoms with Crippen LogP contribution in [0.15, 0.2) is 11.0 Å². The third-order valence-electron chi connectivity index (χ3n) is 3.44. The predicted octanol–water partition coefficient (Wildman–Crippen LogP) is 0.576. The maximum absolute atomic E-state index is 12.0. The van der Waals surface area contributed by atoms with Crippen LogP contribution in [0.5, 0.6) is 0 Å². The first-order valence-electron chi connectivity index (χ1n) is 6.79. The van der Waals surface area contributed by atoms with Crippen molar-refractivity contribution in [3.05, 3.63) is 21.6 Å². The molecule has 8 heteroatoms. The van der Waals surface area contributed by atoms with Crippen LogP contribution in [0, 0.1) is 0 Å². The molecule has 1 aliphatic carbocycles. The van der Waals surface area contributed by atoms with E-state index in [9.17, 15) is 9.59 Å². The lowest BCUT2D eigenvalue weighted by Gasteiger charge is -2.16. The molecular formula is C13H19ClN4O3. The van der Waals surface area contributed by atoms with Gasteiger partial charge in [-0.05, 0) is 19.9 Å². The normalized spacial score (nSPS) is 14.3. The SMILES string of the molecule is COC(=O)Cn1ncc(NCCN(C)C2CC2)c(Cl)c1=O. The zero-order chi connectivity index (χ0) is 15.4. The molecule has 1 fully saturated rings. The zero-order valence-electron chi connectivity index (χ0n) is 12.1. The van der Waals surface area contributed by atoms with Gasteiger partial charge < -0.3 is 15.0 Å². The van der Waals surface area contributed by atoms with Crippen LogP contribution in [0.25, 0.3) is 0 Å². The molecule has 1 aromatic heterocycles. The maximum Gasteiger partial charge on any atom is 0.327 e. The Bertz CT molecular complexity index is 571. The van der Waals surface area contributed by atoms with Crippen LogP contribution in [0.4, 0.5) is 5.69 Å². The van der Waals surface area contributed by atoms with Gasteiger partial charge in [0.2, 0.25) is 0 Å². The zero-order valence-corrected chi connectivity index (χ0v) is 12.9. The Morgan fingerprint density at radius 2 is 2.33 bits per heavy atom. The fourth-order valence-corrected chi connectivity index (χ4v) is 2.17. The molecule has 1 aliphatic rings. The number of halogens is 1. The molecule has 0 spiro atoms. The van der Waals surface area contributed by atoms with E-state index in [4.69, 9.17) is 11.6 Å². The monoisotopic (exact) mass is 314 g/mol. The average Bonchev–Trinajstić information content (AvgIpc) is 3.30. The second-order valence-corrected chi connectivity index (χ2v) is 5.43. The minimum absolute atomic E-state index is 0.0305.